The largest absolute Gasteiger partial charge is 0.413 e. The number of alkyl halides is 3. The van der Waals surface area contributed by atoms with E-state index in [2.05, 4.69) is 20.6 Å². The zero-order valence-electron chi connectivity index (χ0n) is 20.3. The van der Waals surface area contributed by atoms with Crippen molar-refractivity contribution in [2.45, 2.75) is 19.1 Å². The number of nitrogens with one attached hydrogen (secondary N) is 2. The maximum Gasteiger partial charge on any atom is 0.413 e. The van der Waals surface area contributed by atoms with Crippen LogP contribution in [0.4, 0.5) is 24.7 Å². The zero-order valence-corrected chi connectivity index (χ0v) is 21.1. The fourth-order valence-corrected chi connectivity index (χ4v) is 4.94. The molecule has 0 spiro atoms. The van der Waals surface area contributed by atoms with Gasteiger partial charge >= 0.3 is 6.18 Å². The molecule has 2 aliphatic rings. The summed E-state index contributed by atoms with van der Waals surface area (Å²) in [5, 5.41) is 6.52. The van der Waals surface area contributed by atoms with Gasteiger partial charge in [-0.25, -0.2) is 4.98 Å². The van der Waals surface area contributed by atoms with Crippen LogP contribution in [-0.2, 0) is 6.54 Å². The van der Waals surface area contributed by atoms with Crippen molar-refractivity contribution in [2.75, 3.05) is 29.9 Å². The summed E-state index contributed by atoms with van der Waals surface area (Å²) in [7, 11) is 0. The maximum absolute atomic E-state index is 13.7. The Labute approximate surface area is 223 Å². The third-order valence-corrected chi connectivity index (χ3v) is 6.94. The van der Waals surface area contributed by atoms with Crippen LogP contribution in [0.25, 0.3) is 11.1 Å². The predicted octanol–water partition coefficient (Wildman–Crippen LogP) is 5.94. The number of benzene rings is 1. The lowest BCUT2D eigenvalue weighted by molar-refractivity contribution is -0.0989. The molecule has 6 nitrogen and oxygen atoms in total. The molecule has 3 aromatic rings. The van der Waals surface area contributed by atoms with Gasteiger partial charge in [0.15, 0.2) is 0 Å². The lowest BCUT2D eigenvalue weighted by Crippen LogP contribution is -2.40. The van der Waals surface area contributed by atoms with Crippen molar-refractivity contribution in [2.24, 2.45) is 5.92 Å². The van der Waals surface area contributed by atoms with Crippen molar-refractivity contribution in [1.82, 2.24) is 15.3 Å². The summed E-state index contributed by atoms with van der Waals surface area (Å²) >= 11 is 6.11. The summed E-state index contributed by atoms with van der Waals surface area (Å²) in [6, 6.07) is 12.7. The van der Waals surface area contributed by atoms with Crippen molar-refractivity contribution in [3.63, 3.8) is 0 Å². The molecule has 2 aromatic heterocycles. The van der Waals surface area contributed by atoms with Crippen LogP contribution in [0.1, 0.15) is 22.3 Å². The van der Waals surface area contributed by atoms with E-state index in [0.717, 1.165) is 28.5 Å². The highest BCUT2D eigenvalue weighted by molar-refractivity contribution is 6.29. The molecule has 0 saturated carbocycles. The molecule has 196 valence electrons. The second kappa shape index (κ2) is 10.9. The Morgan fingerprint density at radius 2 is 1.87 bits per heavy atom. The molecule has 0 radical (unpaired) electrons. The standard InChI is InChI=1S/C28H25ClF3N5O/c29-23-5-6-24(28(30,31)32)22(13-23)17-37-12-11-34-26-25(37)14-21(16-35-26)19-1-3-20(4-2-19)27(38)36-15-18-7-9-33-10-8-18/h1-10,14,16,22H,11-13,15,17H2,(H,34,35)(H,36,38). The summed E-state index contributed by atoms with van der Waals surface area (Å²) in [6.07, 6.45) is 3.21. The summed E-state index contributed by atoms with van der Waals surface area (Å²) in [4.78, 5) is 23.0. The monoisotopic (exact) mass is 539 g/mol. The average Bonchev–Trinajstić information content (AvgIpc) is 2.92. The van der Waals surface area contributed by atoms with E-state index in [4.69, 9.17) is 11.6 Å². The molecule has 3 heterocycles. The highest BCUT2D eigenvalue weighted by Gasteiger charge is 2.40. The number of halogens is 4. The van der Waals surface area contributed by atoms with E-state index in [1.54, 1.807) is 30.7 Å². The minimum atomic E-state index is -4.41. The molecule has 5 rings (SSSR count). The fourth-order valence-electron chi connectivity index (χ4n) is 4.69. The van der Waals surface area contributed by atoms with Crippen LogP contribution in [-0.4, -0.2) is 41.7 Å². The Bertz CT molecular complexity index is 1370. The van der Waals surface area contributed by atoms with E-state index >= 15 is 0 Å². The van der Waals surface area contributed by atoms with Gasteiger partial charge in [-0.05, 0) is 54.0 Å². The highest BCUT2D eigenvalue weighted by atomic mass is 35.5. The fraction of sp³-hybridized carbons (Fsp3) is 0.250. The van der Waals surface area contributed by atoms with E-state index in [0.29, 0.717) is 36.0 Å². The number of aromatic nitrogens is 2. The number of carbonyl (C=O) groups is 1. The van der Waals surface area contributed by atoms with Gasteiger partial charge in [0.2, 0.25) is 0 Å². The van der Waals surface area contributed by atoms with Crippen LogP contribution in [0.15, 0.2) is 83.8 Å². The zero-order chi connectivity index (χ0) is 26.7. The van der Waals surface area contributed by atoms with Crippen LogP contribution in [0.5, 0.6) is 0 Å². The first-order valence-electron chi connectivity index (χ1n) is 12.2. The van der Waals surface area contributed by atoms with Gasteiger partial charge in [0, 0.05) is 72.4 Å². The molecule has 0 saturated heterocycles. The SMILES string of the molecule is O=C(NCc1ccncc1)c1ccc(-c2cnc3c(c2)N(CC2CC(Cl)=CC=C2C(F)(F)F)CCN3)cc1. The minimum Gasteiger partial charge on any atom is -0.367 e. The lowest BCUT2D eigenvalue weighted by Gasteiger charge is -2.36. The van der Waals surface area contributed by atoms with Crippen LogP contribution in [0, 0.1) is 5.92 Å². The maximum atomic E-state index is 13.7. The van der Waals surface area contributed by atoms with E-state index in [1.165, 1.54) is 6.08 Å². The number of nitrogens with zero attached hydrogens (tertiary/aromatic N) is 3. The van der Waals surface area contributed by atoms with Gasteiger partial charge in [-0.1, -0.05) is 29.8 Å². The van der Waals surface area contributed by atoms with Gasteiger partial charge in [-0.15, -0.1) is 0 Å². The second-order valence-corrected chi connectivity index (χ2v) is 9.70. The van der Waals surface area contributed by atoms with Crippen molar-refractivity contribution in [3.8, 4) is 11.1 Å². The molecule has 1 aliphatic carbocycles. The van der Waals surface area contributed by atoms with Crippen molar-refractivity contribution >= 4 is 29.0 Å². The third-order valence-electron chi connectivity index (χ3n) is 6.66. The molecule has 2 N–H and O–H groups in total. The average molecular weight is 540 g/mol. The minimum absolute atomic E-state index is 0.143. The molecule has 1 aliphatic heterocycles. The summed E-state index contributed by atoms with van der Waals surface area (Å²) in [5.41, 5.74) is 3.28. The van der Waals surface area contributed by atoms with Crippen LogP contribution >= 0.6 is 11.6 Å². The topological polar surface area (TPSA) is 70.2 Å². The number of anilines is 2. The summed E-state index contributed by atoms with van der Waals surface area (Å²) in [6.45, 7) is 1.68. The Kier molecular flexibility index (Phi) is 7.37. The number of pyridine rings is 2. The number of hydrogen-bond donors (Lipinski definition) is 2. The number of carbonyl (C=O) groups excluding carboxylic acids is 1. The van der Waals surface area contributed by atoms with Gasteiger partial charge in [0.1, 0.15) is 5.82 Å². The first-order valence-corrected chi connectivity index (χ1v) is 12.6. The van der Waals surface area contributed by atoms with Crippen LogP contribution < -0.4 is 15.5 Å². The van der Waals surface area contributed by atoms with Gasteiger partial charge < -0.3 is 15.5 Å². The molecule has 1 amide bonds. The van der Waals surface area contributed by atoms with Crippen molar-refractivity contribution < 1.29 is 18.0 Å². The smallest absolute Gasteiger partial charge is 0.367 e. The number of fused-ring (bicyclic) bond motifs is 1. The van der Waals surface area contributed by atoms with Gasteiger partial charge in [0.25, 0.3) is 5.91 Å². The molecule has 38 heavy (non-hydrogen) atoms. The number of hydrogen-bond acceptors (Lipinski definition) is 5. The van der Waals surface area contributed by atoms with Gasteiger partial charge in [-0.2, -0.15) is 13.2 Å². The summed E-state index contributed by atoms with van der Waals surface area (Å²) in [5.74, 6) is -0.338. The van der Waals surface area contributed by atoms with Crippen LogP contribution in [0.3, 0.4) is 0 Å². The Hall–Kier alpha value is -3.85. The lowest BCUT2D eigenvalue weighted by atomic mass is 9.90. The Balaban J connectivity index is 1.32. The molecule has 0 fully saturated rings. The molecular weight excluding hydrogens is 515 g/mol. The molecule has 10 heteroatoms. The normalized spacial score (nSPS) is 17.2. The molecule has 1 unspecified atom stereocenters. The van der Waals surface area contributed by atoms with E-state index in [-0.39, 0.29) is 18.9 Å². The predicted molar refractivity (Wildman–Crippen MR) is 142 cm³/mol. The van der Waals surface area contributed by atoms with E-state index in [9.17, 15) is 18.0 Å². The quantitative estimate of drug-likeness (QED) is 0.406. The highest BCUT2D eigenvalue weighted by Crippen LogP contribution is 2.40. The van der Waals surface area contributed by atoms with Crippen molar-refractivity contribution in [1.29, 1.82) is 0 Å². The Morgan fingerprint density at radius 1 is 1.11 bits per heavy atom. The second-order valence-electron chi connectivity index (χ2n) is 9.21. The summed E-state index contributed by atoms with van der Waals surface area (Å²) < 4.78 is 41.0. The third kappa shape index (κ3) is 5.83. The van der Waals surface area contributed by atoms with Gasteiger partial charge in [-0.3, -0.25) is 9.78 Å². The molecule has 0 bridgehead atoms. The molecule has 1 atom stereocenters. The van der Waals surface area contributed by atoms with Crippen molar-refractivity contribution in [3.05, 3.63) is 94.9 Å². The molecule has 1 aromatic carbocycles. The number of rotatable bonds is 6. The number of amides is 1. The van der Waals surface area contributed by atoms with E-state index < -0.39 is 17.7 Å². The van der Waals surface area contributed by atoms with E-state index in [1.807, 2.05) is 35.2 Å². The first-order chi connectivity index (χ1) is 18.3. The molecular formula is C28H25ClF3N5O. The number of allylic oxidation sites excluding steroid dienone is 3. The first kappa shape index (κ1) is 25.8. The Morgan fingerprint density at radius 3 is 2.61 bits per heavy atom. The van der Waals surface area contributed by atoms with Crippen LogP contribution in [0.2, 0.25) is 0 Å². The van der Waals surface area contributed by atoms with Gasteiger partial charge in [0.05, 0.1) is 5.69 Å².